The lowest BCUT2D eigenvalue weighted by atomic mass is 10.2. The third-order valence-electron chi connectivity index (χ3n) is 4.21. The van der Waals surface area contributed by atoms with Crippen LogP contribution in [0.2, 0.25) is 0 Å². The van der Waals surface area contributed by atoms with E-state index in [4.69, 9.17) is 15.2 Å². The van der Waals surface area contributed by atoms with Gasteiger partial charge in [-0.2, -0.15) is 0 Å². The standard InChI is InChI=1S/C16H26N4O2/c17-14-1-2-15-16(13-14)22-12-9-20(15)6-4-18-3-5-19-7-10-21-11-8-19/h1-2,13,18H,3-12,17H2. The molecule has 2 aliphatic rings. The molecule has 0 radical (unpaired) electrons. The van der Waals surface area contributed by atoms with Gasteiger partial charge in [-0.05, 0) is 12.1 Å². The van der Waals surface area contributed by atoms with Crippen molar-refractivity contribution in [2.45, 2.75) is 0 Å². The first kappa shape index (κ1) is 15.4. The van der Waals surface area contributed by atoms with Gasteiger partial charge in [0.2, 0.25) is 0 Å². The van der Waals surface area contributed by atoms with E-state index < -0.39 is 0 Å². The van der Waals surface area contributed by atoms with E-state index in [0.717, 1.165) is 82.8 Å². The number of morpholine rings is 1. The first-order chi connectivity index (χ1) is 10.8. The SMILES string of the molecule is Nc1ccc2c(c1)OCCN2CCNCCN1CCOCC1. The Labute approximate surface area is 132 Å². The van der Waals surface area contributed by atoms with Gasteiger partial charge in [-0.15, -0.1) is 0 Å². The summed E-state index contributed by atoms with van der Waals surface area (Å²) in [5, 5.41) is 3.53. The van der Waals surface area contributed by atoms with Crippen LogP contribution in [0.1, 0.15) is 0 Å². The molecule has 1 fully saturated rings. The summed E-state index contributed by atoms with van der Waals surface area (Å²) in [7, 11) is 0. The molecule has 6 heteroatoms. The zero-order chi connectivity index (χ0) is 15.2. The molecule has 0 saturated carbocycles. The van der Waals surface area contributed by atoms with Crippen LogP contribution in [0.15, 0.2) is 18.2 Å². The highest BCUT2D eigenvalue weighted by Crippen LogP contribution is 2.32. The summed E-state index contributed by atoms with van der Waals surface area (Å²) in [6.07, 6.45) is 0. The molecule has 0 unspecified atom stereocenters. The van der Waals surface area contributed by atoms with Crippen LogP contribution in [-0.4, -0.2) is 70.5 Å². The average molecular weight is 306 g/mol. The molecule has 22 heavy (non-hydrogen) atoms. The lowest BCUT2D eigenvalue weighted by Gasteiger charge is -2.31. The van der Waals surface area contributed by atoms with Gasteiger partial charge >= 0.3 is 0 Å². The van der Waals surface area contributed by atoms with Crippen LogP contribution in [0, 0.1) is 0 Å². The van der Waals surface area contributed by atoms with Crippen molar-refractivity contribution >= 4 is 11.4 Å². The summed E-state index contributed by atoms with van der Waals surface area (Å²) >= 11 is 0. The number of nitrogens with two attached hydrogens (primary N) is 1. The maximum atomic E-state index is 5.81. The highest BCUT2D eigenvalue weighted by Gasteiger charge is 2.17. The van der Waals surface area contributed by atoms with Gasteiger partial charge in [0.1, 0.15) is 12.4 Å². The van der Waals surface area contributed by atoms with E-state index in [0.29, 0.717) is 0 Å². The van der Waals surface area contributed by atoms with Gasteiger partial charge in [-0.3, -0.25) is 4.90 Å². The van der Waals surface area contributed by atoms with E-state index in [2.05, 4.69) is 21.2 Å². The zero-order valence-electron chi connectivity index (χ0n) is 13.1. The Morgan fingerprint density at radius 3 is 2.73 bits per heavy atom. The number of nitrogens with zero attached hydrogens (tertiary/aromatic N) is 2. The number of fused-ring (bicyclic) bond motifs is 1. The average Bonchev–Trinajstić information content (AvgIpc) is 2.55. The van der Waals surface area contributed by atoms with E-state index in [1.807, 2.05) is 12.1 Å². The number of hydrogen-bond acceptors (Lipinski definition) is 6. The maximum absolute atomic E-state index is 5.81. The summed E-state index contributed by atoms with van der Waals surface area (Å²) in [6.45, 7) is 9.60. The summed E-state index contributed by atoms with van der Waals surface area (Å²) in [5.41, 5.74) is 7.72. The number of nitrogen functional groups attached to an aromatic ring is 1. The fraction of sp³-hybridized carbons (Fsp3) is 0.625. The molecule has 3 N–H and O–H groups in total. The predicted octanol–water partition coefficient (Wildman–Crippen LogP) is 0.389. The molecule has 0 spiro atoms. The van der Waals surface area contributed by atoms with Crippen molar-refractivity contribution in [3.8, 4) is 5.75 Å². The third kappa shape index (κ3) is 4.03. The first-order valence-electron chi connectivity index (χ1n) is 8.11. The molecule has 1 aromatic carbocycles. The van der Waals surface area contributed by atoms with Crippen LogP contribution in [0.3, 0.4) is 0 Å². The number of anilines is 2. The maximum Gasteiger partial charge on any atom is 0.144 e. The molecule has 3 rings (SSSR count). The van der Waals surface area contributed by atoms with Crippen molar-refractivity contribution in [1.29, 1.82) is 0 Å². The van der Waals surface area contributed by atoms with Gasteiger partial charge < -0.3 is 25.4 Å². The molecular weight excluding hydrogens is 280 g/mol. The second kappa shape index (κ2) is 7.67. The Morgan fingerprint density at radius 1 is 1.05 bits per heavy atom. The highest BCUT2D eigenvalue weighted by atomic mass is 16.5. The minimum atomic E-state index is 0.726. The number of rotatable bonds is 6. The first-order valence-corrected chi connectivity index (χ1v) is 8.11. The summed E-state index contributed by atoms with van der Waals surface area (Å²) in [6, 6.07) is 5.90. The van der Waals surface area contributed by atoms with Gasteiger partial charge in [0.25, 0.3) is 0 Å². The Bertz CT molecular complexity index is 477. The van der Waals surface area contributed by atoms with Gasteiger partial charge in [0.05, 0.1) is 25.4 Å². The monoisotopic (exact) mass is 306 g/mol. The summed E-state index contributed by atoms with van der Waals surface area (Å²) in [4.78, 5) is 4.81. The van der Waals surface area contributed by atoms with Crippen molar-refractivity contribution in [2.75, 3.05) is 76.3 Å². The highest BCUT2D eigenvalue weighted by molar-refractivity contribution is 5.65. The number of benzene rings is 1. The Balaban J connectivity index is 1.39. The smallest absolute Gasteiger partial charge is 0.144 e. The fourth-order valence-corrected chi connectivity index (χ4v) is 2.93. The van der Waals surface area contributed by atoms with Crippen molar-refractivity contribution in [3.63, 3.8) is 0 Å². The number of hydrogen-bond donors (Lipinski definition) is 2. The number of ether oxygens (including phenoxy) is 2. The molecule has 1 aromatic rings. The quantitative estimate of drug-likeness (QED) is 0.586. The van der Waals surface area contributed by atoms with Crippen molar-refractivity contribution in [2.24, 2.45) is 0 Å². The van der Waals surface area contributed by atoms with Crippen LogP contribution in [0.25, 0.3) is 0 Å². The molecule has 2 aliphatic heterocycles. The van der Waals surface area contributed by atoms with E-state index in [1.165, 1.54) is 0 Å². The predicted molar refractivity (Wildman–Crippen MR) is 88.7 cm³/mol. The third-order valence-corrected chi connectivity index (χ3v) is 4.21. The molecule has 2 heterocycles. The van der Waals surface area contributed by atoms with Crippen LogP contribution < -0.4 is 20.7 Å². The lowest BCUT2D eigenvalue weighted by molar-refractivity contribution is 0.0385. The minimum Gasteiger partial charge on any atom is -0.489 e. The molecule has 0 aliphatic carbocycles. The van der Waals surface area contributed by atoms with E-state index in [-0.39, 0.29) is 0 Å². The Kier molecular flexibility index (Phi) is 5.37. The van der Waals surface area contributed by atoms with Gasteiger partial charge in [-0.1, -0.05) is 0 Å². The molecule has 0 atom stereocenters. The van der Waals surface area contributed by atoms with Crippen LogP contribution >= 0.6 is 0 Å². The van der Waals surface area contributed by atoms with Crippen molar-refractivity contribution in [1.82, 2.24) is 10.2 Å². The Morgan fingerprint density at radius 2 is 1.86 bits per heavy atom. The van der Waals surface area contributed by atoms with Crippen molar-refractivity contribution < 1.29 is 9.47 Å². The molecule has 1 saturated heterocycles. The second-order valence-corrected chi connectivity index (χ2v) is 5.77. The largest absolute Gasteiger partial charge is 0.489 e. The minimum absolute atomic E-state index is 0.726. The van der Waals surface area contributed by atoms with Crippen LogP contribution in [0.4, 0.5) is 11.4 Å². The van der Waals surface area contributed by atoms with E-state index in [9.17, 15) is 0 Å². The van der Waals surface area contributed by atoms with Crippen LogP contribution in [0.5, 0.6) is 5.75 Å². The molecule has 122 valence electrons. The number of nitrogens with one attached hydrogen (secondary N) is 1. The molecule has 0 bridgehead atoms. The normalized spacial score (nSPS) is 18.8. The van der Waals surface area contributed by atoms with Crippen LogP contribution in [-0.2, 0) is 4.74 Å². The summed E-state index contributed by atoms with van der Waals surface area (Å²) < 4.78 is 11.0. The fourth-order valence-electron chi connectivity index (χ4n) is 2.93. The summed E-state index contributed by atoms with van der Waals surface area (Å²) in [5.74, 6) is 0.902. The lowest BCUT2D eigenvalue weighted by Crippen LogP contribution is -2.42. The topological polar surface area (TPSA) is 63.0 Å². The molecular formula is C16H26N4O2. The van der Waals surface area contributed by atoms with Gasteiger partial charge in [-0.25, -0.2) is 0 Å². The van der Waals surface area contributed by atoms with Gasteiger partial charge in [0, 0.05) is 51.0 Å². The molecule has 0 amide bonds. The van der Waals surface area contributed by atoms with Gasteiger partial charge in [0.15, 0.2) is 0 Å². The van der Waals surface area contributed by atoms with E-state index >= 15 is 0 Å². The van der Waals surface area contributed by atoms with E-state index in [1.54, 1.807) is 0 Å². The molecule has 0 aromatic heterocycles. The zero-order valence-corrected chi connectivity index (χ0v) is 13.1. The molecule has 6 nitrogen and oxygen atoms in total. The van der Waals surface area contributed by atoms with Crippen molar-refractivity contribution in [3.05, 3.63) is 18.2 Å². The Hall–Kier alpha value is -1.50. The second-order valence-electron chi connectivity index (χ2n) is 5.77.